The number of nitrogens with one attached hydrogen (secondary N) is 1. The number of carbonyl (C=O) groups is 1. The first-order chi connectivity index (χ1) is 9.19. The predicted molar refractivity (Wildman–Crippen MR) is 77.2 cm³/mol. The highest BCUT2D eigenvalue weighted by atomic mass is 35.5. The summed E-state index contributed by atoms with van der Waals surface area (Å²) in [5.74, 6) is -0.299. The number of nitrogens with zero attached hydrogens (tertiary/aromatic N) is 1. The van der Waals surface area contributed by atoms with Crippen molar-refractivity contribution >= 4 is 27.5 Å². The maximum Gasteiger partial charge on any atom is 0.244 e. The van der Waals surface area contributed by atoms with E-state index < -0.39 is 15.6 Å². The molecule has 1 amide bonds. The third kappa shape index (κ3) is 2.32. The normalized spacial score (nSPS) is 19.7. The Bertz CT molecular complexity index is 656. The lowest BCUT2D eigenvalue weighted by Crippen LogP contribution is -2.63. The molecule has 0 unspecified atom stereocenters. The third-order valence-electron chi connectivity index (χ3n) is 3.57. The van der Waals surface area contributed by atoms with Crippen molar-refractivity contribution in [3.8, 4) is 0 Å². The van der Waals surface area contributed by atoms with E-state index in [-0.39, 0.29) is 17.3 Å². The second kappa shape index (κ2) is 5.02. The summed E-state index contributed by atoms with van der Waals surface area (Å²) in [4.78, 5) is 12.1. The predicted octanol–water partition coefficient (Wildman–Crippen LogP) is 1.55. The Kier molecular flexibility index (Phi) is 3.83. The number of piperazine rings is 1. The smallest absolute Gasteiger partial charge is 0.244 e. The minimum Gasteiger partial charge on any atom is -0.353 e. The summed E-state index contributed by atoms with van der Waals surface area (Å²) in [5.41, 5.74) is -0.623. The van der Waals surface area contributed by atoms with Crippen molar-refractivity contribution < 1.29 is 13.2 Å². The minimum absolute atomic E-state index is 0.146. The van der Waals surface area contributed by atoms with Crippen molar-refractivity contribution in [2.45, 2.75) is 31.2 Å². The quantitative estimate of drug-likeness (QED) is 0.900. The van der Waals surface area contributed by atoms with Gasteiger partial charge in [-0.15, -0.1) is 0 Å². The van der Waals surface area contributed by atoms with Crippen LogP contribution < -0.4 is 5.32 Å². The summed E-state index contributed by atoms with van der Waals surface area (Å²) >= 11 is 6.00. The molecule has 20 heavy (non-hydrogen) atoms. The van der Waals surface area contributed by atoms with Crippen molar-refractivity contribution in [2.24, 2.45) is 0 Å². The highest BCUT2D eigenvalue weighted by Gasteiger charge is 2.45. The SMILES string of the molecule is Cc1c(Cl)cccc1S(=O)(=O)N1CCNC(=O)C1(C)C. The van der Waals surface area contributed by atoms with Gasteiger partial charge in [0.25, 0.3) is 0 Å². The molecule has 1 N–H and O–H groups in total. The van der Waals surface area contributed by atoms with Crippen LogP contribution >= 0.6 is 11.6 Å². The average molecular weight is 317 g/mol. The van der Waals surface area contributed by atoms with Crippen LogP contribution in [0.25, 0.3) is 0 Å². The molecule has 0 aromatic heterocycles. The molecule has 0 bridgehead atoms. The van der Waals surface area contributed by atoms with Gasteiger partial charge in [-0.2, -0.15) is 4.31 Å². The molecular weight excluding hydrogens is 300 g/mol. The van der Waals surface area contributed by atoms with E-state index in [1.165, 1.54) is 10.4 Å². The molecule has 1 fully saturated rings. The second-order valence-electron chi connectivity index (χ2n) is 5.26. The van der Waals surface area contributed by atoms with Crippen molar-refractivity contribution in [1.29, 1.82) is 0 Å². The van der Waals surface area contributed by atoms with Crippen LogP contribution in [0.4, 0.5) is 0 Å². The Morgan fingerprint density at radius 2 is 2.00 bits per heavy atom. The second-order valence-corrected chi connectivity index (χ2v) is 7.49. The molecule has 0 atom stereocenters. The molecular formula is C13H17ClN2O3S. The van der Waals surface area contributed by atoms with E-state index >= 15 is 0 Å². The van der Waals surface area contributed by atoms with Crippen LogP contribution in [0.15, 0.2) is 23.1 Å². The molecule has 1 aliphatic rings. The molecule has 1 aliphatic heterocycles. The number of halogens is 1. The Morgan fingerprint density at radius 3 is 2.65 bits per heavy atom. The average Bonchev–Trinajstić information content (AvgIpc) is 2.35. The lowest BCUT2D eigenvalue weighted by atomic mass is 10.0. The maximum absolute atomic E-state index is 12.8. The van der Waals surface area contributed by atoms with E-state index in [2.05, 4.69) is 5.32 Å². The van der Waals surface area contributed by atoms with E-state index in [1.54, 1.807) is 32.9 Å². The van der Waals surface area contributed by atoms with Crippen LogP contribution in [0.5, 0.6) is 0 Å². The number of carbonyl (C=O) groups excluding carboxylic acids is 1. The molecule has 7 heteroatoms. The largest absolute Gasteiger partial charge is 0.353 e. The Hall–Kier alpha value is -1.11. The van der Waals surface area contributed by atoms with Crippen LogP contribution in [0, 0.1) is 6.92 Å². The van der Waals surface area contributed by atoms with Gasteiger partial charge in [0.2, 0.25) is 15.9 Å². The van der Waals surface area contributed by atoms with Gasteiger partial charge in [0.05, 0.1) is 4.90 Å². The lowest BCUT2D eigenvalue weighted by Gasteiger charge is -2.40. The third-order valence-corrected chi connectivity index (χ3v) is 6.19. The zero-order chi connectivity index (χ0) is 15.1. The molecule has 2 rings (SSSR count). The fourth-order valence-electron chi connectivity index (χ4n) is 2.29. The molecule has 0 radical (unpaired) electrons. The van der Waals surface area contributed by atoms with Crippen LogP contribution in [-0.4, -0.2) is 37.3 Å². The summed E-state index contributed by atoms with van der Waals surface area (Å²) in [6.45, 7) is 5.40. The van der Waals surface area contributed by atoms with E-state index in [1.807, 2.05) is 0 Å². The van der Waals surface area contributed by atoms with Gasteiger partial charge in [-0.25, -0.2) is 8.42 Å². The van der Waals surface area contributed by atoms with Gasteiger partial charge >= 0.3 is 0 Å². The van der Waals surface area contributed by atoms with E-state index in [4.69, 9.17) is 11.6 Å². The molecule has 1 heterocycles. The van der Waals surface area contributed by atoms with Gasteiger partial charge in [-0.1, -0.05) is 17.7 Å². The number of amides is 1. The summed E-state index contributed by atoms with van der Waals surface area (Å²) in [7, 11) is -3.77. The zero-order valence-corrected chi connectivity index (χ0v) is 13.2. The molecule has 110 valence electrons. The highest BCUT2D eigenvalue weighted by Crippen LogP contribution is 2.30. The van der Waals surface area contributed by atoms with Crippen molar-refractivity contribution in [3.63, 3.8) is 0 Å². The highest BCUT2D eigenvalue weighted by molar-refractivity contribution is 7.89. The molecule has 0 saturated carbocycles. The van der Waals surface area contributed by atoms with Crippen molar-refractivity contribution in [1.82, 2.24) is 9.62 Å². The topological polar surface area (TPSA) is 66.5 Å². The van der Waals surface area contributed by atoms with E-state index in [0.717, 1.165) is 0 Å². The molecule has 5 nitrogen and oxygen atoms in total. The summed E-state index contributed by atoms with van der Waals surface area (Å²) in [6, 6.07) is 4.75. The lowest BCUT2D eigenvalue weighted by molar-refractivity contribution is -0.131. The first kappa shape index (κ1) is 15.3. The van der Waals surface area contributed by atoms with Gasteiger partial charge in [0.15, 0.2) is 0 Å². The summed E-state index contributed by atoms with van der Waals surface area (Å²) in [6.07, 6.45) is 0. The van der Waals surface area contributed by atoms with Crippen molar-refractivity contribution in [2.75, 3.05) is 13.1 Å². The van der Waals surface area contributed by atoms with Gasteiger partial charge < -0.3 is 5.32 Å². The van der Waals surface area contributed by atoms with Gasteiger partial charge in [0.1, 0.15) is 5.54 Å². The van der Waals surface area contributed by atoms with Crippen LogP contribution in [0.2, 0.25) is 5.02 Å². The fraction of sp³-hybridized carbons (Fsp3) is 0.462. The van der Waals surface area contributed by atoms with Gasteiger partial charge in [0, 0.05) is 18.1 Å². The van der Waals surface area contributed by atoms with Crippen LogP contribution in [0.1, 0.15) is 19.4 Å². The van der Waals surface area contributed by atoms with Crippen molar-refractivity contribution in [3.05, 3.63) is 28.8 Å². The summed E-state index contributed by atoms with van der Waals surface area (Å²) < 4.78 is 26.9. The summed E-state index contributed by atoms with van der Waals surface area (Å²) in [5, 5.41) is 3.07. The Morgan fingerprint density at radius 1 is 1.35 bits per heavy atom. The number of hydrogen-bond acceptors (Lipinski definition) is 3. The first-order valence-electron chi connectivity index (χ1n) is 6.25. The molecule has 1 aromatic carbocycles. The first-order valence-corrected chi connectivity index (χ1v) is 8.07. The molecule has 1 aromatic rings. The zero-order valence-electron chi connectivity index (χ0n) is 11.6. The standard InChI is InChI=1S/C13H17ClN2O3S/c1-9-10(14)5-4-6-11(9)20(18,19)16-8-7-15-12(17)13(16,2)3/h4-6H,7-8H2,1-3H3,(H,15,17). The fourth-order valence-corrected chi connectivity index (χ4v) is 4.52. The van der Waals surface area contributed by atoms with Crippen LogP contribution in [0.3, 0.4) is 0 Å². The minimum atomic E-state index is -3.77. The van der Waals surface area contributed by atoms with Gasteiger partial charge in [-0.05, 0) is 38.5 Å². The van der Waals surface area contributed by atoms with E-state index in [9.17, 15) is 13.2 Å². The number of hydrogen-bond donors (Lipinski definition) is 1. The van der Waals surface area contributed by atoms with Crippen LogP contribution in [-0.2, 0) is 14.8 Å². The monoisotopic (exact) mass is 316 g/mol. The van der Waals surface area contributed by atoms with Gasteiger partial charge in [-0.3, -0.25) is 4.79 Å². The molecule has 0 aliphatic carbocycles. The Labute approximate surface area is 124 Å². The number of benzene rings is 1. The van der Waals surface area contributed by atoms with E-state index in [0.29, 0.717) is 17.1 Å². The Balaban J connectivity index is 2.55. The molecule has 1 saturated heterocycles. The number of sulfonamides is 1. The molecule has 0 spiro atoms. The maximum atomic E-state index is 12.8. The number of rotatable bonds is 2.